The zero-order valence-corrected chi connectivity index (χ0v) is 12.4. The van der Waals surface area contributed by atoms with Crippen molar-refractivity contribution < 1.29 is 0 Å². The lowest BCUT2D eigenvalue weighted by Gasteiger charge is -2.10. The number of rotatable bonds is 4. The van der Waals surface area contributed by atoms with Gasteiger partial charge in [-0.3, -0.25) is 0 Å². The SMILES string of the molecule is c1ccc(-n2ccnc2CNc2ncnc3ccccc23)cc1. The predicted octanol–water partition coefficient (Wildman–Crippen LogP) is 3.43. The normalized spacial score (nSPS) is 10.8. The van der Waals surface area contributed by atoms with Crippen molar-refractivity contribution in [2.75, 3.05) is 5.32 Å². The Morgan fingerprint density at radius 1 is 0.870 bits per heavy atom. The van der Waals surface area contributed by atoms with Gasteiger partial charge in [0.2, 0.25) is 0 Å². The molecule has 0 aliphatic rings. The lowest BCUT2D eigenvalue weighted by Crippen LogP contribution is -2.08. The number of fused-ring (bicyclic) bond motifs is 1. The number of imidazole rings is 1. The Bertz CT molecular complexity index is 925. The number of nitrogens with zero attached hydrogens (tertiary/aromatic N) is 4. The molecule has 0 radical (unpaired) electrons. The van der Waals surface area contributed by atoms with E-state index < -0.39 is 0 Å². The van der Waals surface area contributed by atoms with Crippen LogP contribution in [0.3, 0.4) is 0 Å². The van der Waals surface area contributed by atoms with Crippen LogP contribution >= 0.6 is 0 Å². The van der Waals surface area contributed by atoms with Gasteiger partial charge in [-0.05, 0) is 24.3 Å². The molecule has 0 spiro atoms. The molecule has 23 heavy (non-hydrogen) atoms. The molecule has 0 atom stereocenters. The van der Waals surface area contributed by atoms with Crippen molar-refractivity contribution in [1.82, 2.24) is 19.5 Å². The molecule has 0 aliphatic carbocycles. The van der Waals surface area contributed by atoms with Gasteiger partial charge in [0.25, 0.3) is 0 Å². The summed E-state index contributed by atoms with van der Waals surface area (Å²) in [5.41, 5.74) is 2.02. The third-order valence-electron chi connectivity index (χ3n) is 3.71. The van der Waals surface area contributed by atoms with Crippen molar-refractivity contribution >= 4 is 16.7 Å². The van der Waals surface area contributed by atoms with Crippen LogP contribution in [0, 0.1) is 0 Å². The molecule has 0 aliphatic heterocycles. The summed E-state index contributed by atoms with van der Waals surface area (Å²) in [5, 5.41) is 4.37. The van der Waals surface area contributed by atoms with Crippen LogP contribution in [0.5, 0.6) is 0 Å². The summed E-state index contributed by atoms with van der Waals surface area (Å²) < 4.78 is 2.07. The van der Waals surface area contributed by atoms with Gasteiger partial charge in [-0.2, -0.15) is 0 Å². The van der Waals surface area contributed by atoms with Crippen LogP contribution in [0.25, 0.3) is 16.6 Å². The van der Waals surface area contributed by atoms with Crippen molar-refractivity contribution in [3.05, 3.63) is 79.1 Å². The van der Waals surface area contributed by atoms with Crippen molar-refractivity contribution in [2.45, 2.75) is 6.54 Å². The fourth-order valence-electron chi connectivity index (χ4n) is 2.60. The first-order valence-corrected chi connectivity index (χ1v) is 7.43. The fraction of sp³-hybridized carbons (Fsp3) is 0.0556. The van der Waals surface area contributed by atoms with Crippen molar-refractivity contribution in [2.24, 2.45) is 0 Å². The fourth-order valence-corrected chi connectivity index (χ4v) is 2.60. The molecule has 0 saturated carbocycles. The number of nitrogens with one attached hydrogen (secondary N) is 1. The lowest BCUT2D eigenvalue weighted by atomic mass is 10.2. The van der Waals surface area contributed by atoms with Crippen LogP contribution in [0.2, 0.25) is 0 Å². The Hall–Kier alpha value is -3.21. The molecule has 112 valence electrons. The molecule has 5 heteroatoms. The maximum Gasteiger partial charge on any atom is 0.137 e. The quantitative estimate of drug-likeness (QED) is 0.627. The van der Waals surface area contributed by atoms with E-state index in [9.17, 15) is 0 Å². The van der Waals surface area contributed by atoms with Crippen molar-refractivity contribution in [3.63, 3.8) is 0 Å². The molecule has 0 fully saturated rings. The van der Waals surface area contributed by atoms with Crippen LogP contribution in [0.15, 0.2) is 73.3 Å². The second-order valence-electron chi connectivity index (χ2n) is 5.14. The molecular weight excluding hydrogens is 286 g/mol. The van der Waals surface area contributed by atoms with Crippen LogP contribution in [-0.2, 0) is 6.54 Å². The van der Waals surface area contributed by atoms with E-state index in [-0.39, 0.29) is 0 Å². The van der Waals surface area contributed by atoms with E-state index in [2.05, 4.69) is 37.0 Å². The Kier molecular flexibility index (Phi) is 3.44. The standard InChI is InChI=1S/C18H15N5/c1-2-6-14(7-3-1)23-11-10-19-17(23)12-20-18-15-8-4-5-9-16(15)21-13-22-18/h1-11,13H,12H2,(H,20,21,22). The average Bonchev–Trinajstić information content (AvgIpc) is 3.09. The first kappa shape index (κ1) is 13.5. The van der Waals surface area contributed by atoms with Crippen molar-refractivity contribution in [1.29, 1.82) is 0 Å². The minimum Gasteiger partial charge on any atom is -0.362 e. The summed E-state index contributed by atoms with van der Waals surface area (Å²) in [4.78, 5) is 13.1. The monoisotopic (exact) mass is 301 g/mol. The number of hydrogen-bond donors (Lipinski definition) is 1. The second kappa shape index (κ2) is 5.88. The topological polar surface area (TPSA) is 55.6 Å². The second-order valence-corrected chi connectivity index (χ2v) is 5.14. The smallest absolute Gasteiger partial charge is 0.137 e. The van der Waals surface area contributed by atoms with Crippen molar-refractivity contribution in [3.8, 4) is 5.69 Å². The van der Waals surface area contributed by atoms with Crippen LogP contribution in [-0.4, -0.2) is 19.5 Å². The van der Waals surface area contributed by atoms with E-state index in [1.165, 1.54) is 0 Å². The summed E-state index contributed by atoms with van der Waals surface area (Å²) in [6, 6.07) is 18.1. The number of hydrogen-bond acceptors (Lipinski definition) is 4. The van der Waals surface area contributed by atoms with Crippen LogP contribution < -0.4 is 5.32 Å². The van der Waals surface area contributed by atoms with E-state index in [1.54, 1.807) is 6.33 Å². The molecule has 0 saturated heterocycles. The minimum atomic E-state index is 0.586. The van der Waals surface area contributed by atoms with Gasteiger partial charge in [0.15, 0.2) is 0 Å². The lowest BCUT2D eigenvalue weighted by molar-refractivity contribution is 0.895. The van der Waals surface area contributed by atoms with Crippen LogP contribution in [0.1, 0.15) is 5.82 Å². The van der Waals surface area contributed by atoms with Gasteiger partial charge in [-0.15, -0.1) is 0 Å². The summed E-state index contributed by atoms with van der Waals surface area (Å²) in [6.45, 7) is 0.586. The molecule has 0 unspecified atom stereocenters. The summed E-state index contributed by atoms with van der Waals surface area (Å²) >= 11 is 0. The third kappa shape index (κ3) is 2.64. The number of benzene rings is 2. The number of para-hydroxylation sites is 2. The maximum atomic E-state index is 4.44. The van der Waals surface area contributed by atoms with E-state index >= 15 is 0 Å². The molecule has 4 rings (SSSR count). The maximum absolute atomic E-state index is 4.44. The van der Waals surface area contributed by atoms with E-state index in [1.807, 2.05) is 54.9 Å². The average molecular weight is 301 g/mol. The third-order valence-corrected chi connectivity index (χ3v) is 3.71. The van der Waals surface area contributed by atoms with Gasteiger partial charge in [0.1, 0.15) is 18.0 Å². The highest BCUT2D eigenvalue weighted by atomic mass is 15.1. The van der Waals surface area contributed by atoms with Gasteiger partial charge in [0.05, 0.1) is 12.1 Å². The first-order chi connectivity index (χ1) is 11.4. The van der Waals surface area contributed by atoms with Gasteiger partial charge >= 0.3 is 0 Å². The molecule has 2 heterocycles. The van der Waals surface area contributed by atoms with E-state index in [0.717, 1.165) is 28.2 Å². The summed E-state index contributed by atoms with van der Waals surface area (Å²) in [5.74, 6) is 1.75. The van der Waals surface area contributed by atoms with Gasteiger partial charge in [-0.1, -0.05) is 30.3 Å². The first-order valence-electron chi connectivity index (χ1n) is 7.43. The largest absolute Gasteiger partial charge is 0.362 e. The zero-order chi connectivity index (χ0) is 15.5. The number of aromatic nitrogens is 4. The molecule has 2 aromatic heterocycles. The molecule has 0 bridgehead atoms. The Morgan fingerprint density at radius 2 is 1.70 bits per heavy atom. The highest BCUT2D eigenvalue weighted by Crippen LogP contribution is 2.19. The molecule has 1 N–H and O–H groups in total. The highest BCUT2D eigenvalue weighted by molar-refractivity contribution is 5.88. The summed E-state index contributed by atoms with van der Waals surface area (Å²) in [6.07, 6.45) is 5.35. The Morgan fingerprint density at radius 3 is 2.61 bits per heavy atom. The molecule has 5 nitrogen and oxygen atoms in total. The molecule has 2 aromatic carbocycles. The molecular formula is C18H15N5. The number of anilines is 1. The summed E-state index contributed by atoms with van der Waals surface area (Å²) in [7, 11) is 0. The van der Waals surface area contributed by atoms with Crippen LogP contribution in [0.4, 0.5) is 5.82 Å². The van der Waals surface area contributed by atoms with Gasteiger partial charge in [0, 0.05) is 23.5 Å². The van der Waals surface area contributed by atoms with E-state index in [0.29, 0.717) is 6.54 Å². The highest BCUT2D eigenvalue weighted by Gasteiger charge is 2.07. The Balaban J connectivity index is 1.62. The molecule has 0 amide bonds. The Labute approximate surface area is 133 Å². The predicted molar refractivity (Wildman–Crippen MR) is 90.4 cm³/mol. The van der Waals surface area contributed by atoms with Gasteiger partial charge in [-0.25, -0.2) is 15.0 Å². The van der Waals surface area contributed by atoms with E-state index in [4.69, 9.17) is 0 Å². The molecule has 4 aromatic rings. The minimum absolute atomic E-state index is 0.586. The van der Waals surface area contributed by atoms with Gasteiger partial charge < -0.3 is 9.88 Å². The zero-order valence-electron chi connectivity index (χ0n) is 12.4.